The number of sulfone groups is 1. The lowest BCUT2D eigenvalue weighted by atomic mass is 10.3. The topological polar surface area (TPSA) is 63.2 Å². The molecule has 0 aromatic heterocycles. The van der Waals surface area contributed by atoms with Gasteiger partial charge in [0.15, 0.2) is 9.84 Å². The van der Waals surface area contributed by atoms with Gasteiger partial charge in [0, 0.05) is 6.26 Å². The minimum Gasteiger partial charge on any atom is -0.319 e. The molecule has 0 saturated heterocycles. The summed E-state index contributed by atoms with van der Waals surface area (Å²) in [7, 11) is -3.60. The number of carbonyl (C=O) groups is 1. The Hall–Kier alpha value is -1.57. The van der Waals surface area contributed by atoms with Gasteiger partial charge in [-0.1, -0.05) is 0 Å². The van der Waals surface area contributed by atoms with Crippen molar-refractivity contribution in [3.05, 3.63) is 24.0 Å². The van der Waals surface area contributed by atoms with E-state index in [0.29, 0.717) is 0 Å². The van der Waals surface area contributed by atoms with E-state index in [4.69, 9.17) is 0 Å². The Morgan fingerprint density at radius 1 is 1.35 bits per heavy atom. The van der Waals surface area contributed by atoms with Crippen molar-refractivity contribution in [2.24, 2.45) is 0 Å². The molecule has 0 aliphatic carbocycles. The van der Waals surface area contributed by atoms with Crippen molar-refractivity contribution in [2.45, 2.75) is 11.3 Å². The first-order valence-corrected chi connectivity index (χ1v) is 6.19. The molecule has 0 aliphatic rings. The second kappa shape index (κ2) is 4.74. The zero-order chi connectivity index (χ0) is 13.2. The first-order valence-electron chi connectivity index (χ1n) is 4.30. The Kier molecular flexibility index (Phi) is 3.76. The van der Waals surface area contributed by atoms with Crippen molar-refractivity contribution >= 4 is 21.4 Å². The van der Waals surface area contributed by atoms with Crippen LogP contribution in [0.2, 0.25) is 0 Å². The average molecular weight is 267 g/mol. The van der Waals surface area contributed by atoms with E-state index in [0.717, 1.165) is 24.5 Å². The van der Waals surface area contributed by atoms with Gasteiger partial charge >= 0.3 is 6.43 Å². The van der Waals surface area contributed by atoms with Crippen LogP contribution in [-0.4, -0.2) is 27.0 Å². The lowest BCUT2D eigenvalue weighted by Gasteiger charge is -2.07. The third-order valence-electron chi connectivity index (χ3n) is 1.82. The van der Waals surface area contributed by atoms with Gasteiger partial charge in [-0.25, -0.2) is 12.8 Å². The van der Waals surface area contributed by atoms with Crippen LogP contribution < -0.4 is 5.32 Å². The second-order valence-corrected chi connectivity index (χ2v) is 5.22. The normalized spacial score (nSPS) is 11.6. The number of hydrogen-bond acceptors (Lipinski definition) is 3. The minimum atomic E-state index is -3.60. The van der Waals surface area contributed by atoms with Gasteiger partial charge in [0.25, 0.3) is 5.91 Å². The Morgan fingerprint density at radius 2 is 1.94 bits per heavy atom. The fourth-order valence-electron chi connectivity index (χ4n) is 1.02. The smallest absolute Gasteiger partial charge is 0.315 e. The van der Waals surface area contributed by atoms with Crippen molar-refractivity contribution in [3.63, 3.8) is 0 Å². The molecule has 94 valence electrons. The number of rotatable bonds is 3. The first-order chi connectivity index (χ1) is 7.71. The van der Waals surface area contributed by atoms with E-state index >= 15 is 0 Å². The molecule has 0 fully saturated rings. The number of carbonyl (C=O) groups excluding carboxylic acids is 1. The molecule has 1 aromatic rings. The van der Waals surface area contributed by atoms with Crippen molar-refractivity contribution < 1.29 is 26.4 Å². The third kappa shape index (κ3) is 3.45. The quantitative estimate of drug-likeness (QED) is 0.843. The molecule has 0 unspecified atom stereocenters. The van der Waals surface area contributed by atoms with Crippen LogP contribution in [0.4, 0.5) is 18.9 Å². The summed E-state index contributed by atoms with van der Waals surface area (Å²) in [6, 6.07) is 2.53. The molecular formula is C9H8F3NO3S. The zero-order valence-electron chi connectivity index (χ0n) is 8.58. The standard InChI is InChI=1S/C9H8F3NO3S/c1-17(15,16)5-2-3-6(10)7(4-5)13-9(14)8(11)12/h2-4,8H,1H3,(H,13,14). The van der Waals surface area contributed by atoms with E-state index in [1.54, 1.807) is 5.32 Å². The Morgan fingerprint density at radius 3 is 2.41 bits per heavy atom. The highest BCUT2D eigenvalue weighted by molar-refractivity contribution is 7.90. The van der Waals surface area contributed by atoms with Gasteiger partial charge in [-0.2, -0.15) is 8.78 Å². The molecule has 0 spiro atoms. The summed E-state index contributed by atoms with van der Waals surface area (Å²) in [5, 5.41) is 1.59. The van der Waals surface area contributed by atoms with E-state index in [9.17, 15) is 26.4 Å². The van der Waals surface area contributed by atoms with Gasteiger partial charge in [0.2, 0.25) is 0 Å². The summed E-state index contributed by atoms with van der Waals surface area (Å²) in [5.41, 5.74) is -0.599. The second-order valence-electron chi connectivity index (χ2n) is 3.20. The van der Waals surface area contributed by atoms with E-state index in [-0.39, 0.29) is 4.90 Å². The van der Waals surface area contributed by atoms with Crippen molar-refractivity contribution in [3.8, 4) is 0 Å². The van der Waals surface area contributed by atoms with Crippen molar-refractivity contribution in [1.82, 2.24) is 0 Å². The molecular weight excluding hydrogens is 259 g/mol. The molecule has 0 atom stereocenters. The molecule has 1 amide bonds. The fraction of sp³-hybridized carbons (Fsp3) is 0.222. The van der Waals surface area contributed by atoms with Crippen molar-refractivity contribution in [1.29, 1.82) is 0 Å². The monoisotopic (exact) mass is 267 g/mol. The summed E-state index contributed by atoms with van der Waals surface area (Å²) < 4.78 is 59.2. The van der Waals surface area contributed by atoms with Gasteiger partial charge in [0.1, 0.15) is 5.82 Å². The third-order valence-corrected chi connectivity index (χ3v) is 2.93. The Labute approximate surface area is 95.4 Å². The van der Waals surface area contributed by atoms with E-state index in [1.807, 2.05) is 0 Å². The lowest BCUT2D eigenvalue weighted by Crippen LogP contribution is -2.21. The molecule has 0 saturated carbocycles. The van der Waals surface area contributed by atoms with Gasteiger partial charge < -0.3 is 5.32 Å². The van der Waals surface area contributed by atoms with Crippen LogP contribution in [0.25, 0.3) is 0 Å². The number of halogens is 3. The molecule has 4 nitrogen and oxygen atoms in total. The maximum atomic E-state index is 13.1. The first kappa shape index (κ1) is 13.5. The van der Waals surface area contributed by atoms with Crippen LogP contribution in [0.1, 0.15) is 0 Å². The van der Waals surface area contributed by atoms with E-state index < -0.39 is 33.7 Å². The SMILES string of the molecule is CS(=O)(=O)c1ccc(F)c(NC(=O)C(F)F)c1. The molecule has 1 aromatic carbocycles. The average Bonchev–Trinajstić information content (AvgIpc) is 2.19. The molecule has 0 aliphatic heterocycles. The number of hydrogen-bond donors (Lipinski definition) is 1. The van der Waals surface area contributed by atoms with Crippen LogP contribution in [-0.2, 0) is 14.6 Å². The number of alkyl halides is 2. The summed E-state index contributed by atoms with van der Waals surface area (Å²) in [5.74, 6) is -2.69. The van der Waals surface area contributed by atoms with E-state index in [2.05, 4.69) is 0 Å². The highest BCUT2D eigenvalue weighted by Crippen LogP contribution is 2.20. The molecule has 1 N–H and O–H groups in total. The van der Waals surface area contributed by atoms with Gasteiger partial charge in [-0.15, -0.1) is 0 Å². The molecule has 17 heavy (non-hydrogen) atoms. The molecule has 0 heterocycles. The molecule has 8 heteroatoms. The number of benzene rings is 1. The van der Waals surface area contributed by atoms with Gasteiger partial charge in [-0.05, 0) is 18.2 Å². The Balaban J connectivity index is 3.12. The molecule has 0 bridgehead atoms. The summed E-state index contributed by atoms with van der Waals surface area (Å²) >= 11 is 0. The predicted octanol–water partition coefficient (Wildman–Crippen LogP) is 1.43. The fourth-order valence-corrected chi connectivity index (χ4v) is 1.67. The summed E-state index contributed by atoms with van der Waals surface area (Å²) in [6.45, 7) is 0. The largest absolute Gasteiger partial charge is 0.319 e. The van der Waals surface area contributed by atoms with Crippen LogP contribution in [0.15, 0.2) is 23.1 Å². The van der Waals surface area contributed by atoms with Gasteiger partial charge in [-0.3, -0.25) is 4.79 Å². The number of anilines is 1. The van der Waals surface area contributed by atoms with E-state index in [1.165, 1.54) is 0 Å². The van der Waals surface area contributed by atoms with Crippen molar-refractivity contribution in [2.75, 3.05) is 11.6 Å². The van der Waals surface area contributed by atoms with Gasteiger partial charge in [0.05, 0.1) is 10.6 Å². The lowest BCUT2D eigenvalue weighted by molar-refractivity contribution is -0.126. The van der Waals surface area contributed by atoms with Crippen LogP contribution in [0, 0.1) is 5.82 Å². The summed E-state index contributed by atoms with van der Waals surface area (Å²) in [6.07, 6.45) is -2.44. The highest BCUT2D eigenvalue weighted by Gasteiger charge is 2.18. The Bertz CT molecular complexity index is 542. The molecule has 1 rings (SSSR count). The van der Waals surface area contributed by atoms with Crippen LogP contribution in [0.5, 0.6) is 0 Å². The minimum absolute atomic E-state index is 0.275. The van der Waals surface area contributed by atoms with Crippen LogP contribution >= 0.6 is 0 Å². The maximum Gasteiger partial charge on any atom is 0.315 e. The highest BCUT2D eigenvalue weighted by atomic mass is 32.2. The van der Waals surface area contributed by atoms with Crippen LogP contribution in [0.3, 0.4) is 0 Å². The molecule has 0 radical (unpaired) electrons. The number of amides is 1. The summed E-state index contributed by atoms with van der Waals surface area (Å²) in [4.78, 5) is 10.4. The number of nitrogens with one attached hydrogen (secondary N) is 1. The predicted molar refractivity (Wildman–Crippen MR) is 54.1 cm³/mol. The zero-order valence-corrected chi connectivity index (χ0v) is 9.39. The maximum absolute atomic E-state index is 13.1.